The summed E-state index contributed by atoms with van der Waals surface area (Å²) >= 11 is 1.56. The molecule has 0 spiro atoms. The van der Waals surface area contributed by atoms with Crippen LogP contribution in [0.4, 0.5) is 0 Å². The Morgan fingerprint density at radius 3 is 2.50 bits per heavy atom. The molecule has 5 nitrogen and oxygen atoms in total. The van der Waals surface area contributed by atoms with E-state index in [9.17, 15) is 9.59 Å². The Morgan fingerprint density at radius 2 is 2.00 bits per heavy atom. The molecular formula is C10H19NO4S. The Bertz CT molecular complexity index is 237. The smallest absolute Gasteiger partial charge is 0.329 e. The summed E-state index contributed by atoms with van der Waals surface area (Å²) in [6.45, 7) is 6.37. The molecule has 1 amide bonds. The van der Waals surface area contributed by atoms with E-state index in [1.54, 1.807) is 11.8 Å². The van der Waals surface area contributed by atoms with Gasteiger partial charge in [-0.1, -0.05) is 20.8 Å². The predicted octanol–water partition coefficient (Wildman–Crippen LogP) is 0.735. The second-order valence-electron chi connectivity index (χ2n) is 4.20. The number of hydrogen-bond donors (Lipinski definition) is 2. The van der Waals surface area contributed by atoms with Crippen LogP contribution >= 0.6 is 11.8 Å². The second kappa shape index (κ2) is 7.51. The molecule has 0 radical (unpaired) electrons. The van der Waals surface area contributed by atoms with E-state index >= 15 is 0 Å². The quantitative estimate of drug-likeness (QED) is 0.651. The largest absolute Gasteiger partial charge is 0.480 e. The lowest BCUT2D eigenvalue weighted by molar-refractivity contribution is -0.142. The predicted molar refractivity (Wildman–Crippen MR) is 63.7 cm³/mol. The van der Waals surface area contributed by atoms with Crippen molar-refractivity contribution in [2.75, 3.05) is 25.5 Å². The summed E-state index contributed by atoms with van der Waals surface area (Å²) in [6.07, 6.45) is 0. The van der Waals surface area contributed by atoms with E-state index in [1.165, 1.54) is 0 Å². The van der Waals surface area contributed by atoms with Crippen LogP contribution in [-0.4, -0.2) is 47.2 Å². The van der Waals surface area contributed by atoms with Crippen molar-refractivity contribution in [3.63, 3.8) is 0 Å². The third-order valence-corrected chi connectivity index (χ3v) is 2.70. The minimum absolute atomic E-state index is 0.0566. The molecule has 0 aromatic carbocycles. The van der Waals surface area contributed by atoms with Crippen molar-refractivity contribution in [1.82, 2.24) is 5.32 Å². The van der Waals surface area contributed by atoms with Crippen LogP contribution in [0.5, 0.6) is 0 Å². The highest BCUT2D eigenvalue weighted by atomic mass is 32.2. The molecule has 0 aliphatic carbocycles. The van der Waals surface area contributed by atoms with Gasteiger partial charge >= 0.3 is 5.97 Å². The molecule has 0 saturated carbocycles. The molecule has 2 N–H and O–H groups in total. The van der Waals surface area contributed by atoms with Gasteiger partial charge in [0.15, 0.2) is 0 Å². The number of amides is 1. The van der Waals surface area contributed by atoms with E-state index in [4.69, 9.17) is 9.84 Å². The summed E-state index contributed by atoms with van der Waals surface area (Å²) < 4.78 is 4.84. The topological polar surface area (TPSA) is 75.6 Å². The number of aliphatic carboxylic acids is 1. The molecule has 0 unspecified atom stereocenters. The number of carboxylic acids is 1. The average molecular weight is 249 g/mol. The van der Waals surface area contributed by atoms with Gasteiger partial charge in [-0.05, 0) is 0 Å². The van der Waals surface area contributed by atoms with Crippen molar-refractivity contribution in [3.05, 3.63) is 0 Å². The van der Waals surface area contributed by atoms with Crippen molar-refractivity contribution >= 4 is 23.6 Å². The summed E-state index contributed by atoms with van der Waals surface area (Å²) in [4.78, 5) is 21.4. The molecule has 0 aliphatic heterocycles. The maximum Gasteiger partial charge on any atom is 0.329 e. The highest BCUT2D eigenvalue weighted by molar-refractivity contribution is 8.01. The van der Waals surface area contributed by atoms with Crippen molar-refractivity contribution < 1.29 is 19.4 Å². The Kier molecular flexibility index (Phi) is 7.16. The number of carbonyl (C=O) groups is 2. The zero-order valence-corrected chi connectivity index (χ0v) is 10.7. The van der Waals surface area contributed by atoms with Gasteiger partial charge in [-0.25, -0.2) is 4.79 Å². The minimum Gasteiger partial charge on any atom is -0.480 e. The van der Waals surface area contributed by atoms with Crippen LogP contribution in [0.25, 0.3) is 0 Å². The number of ether oxygens (including phenoxy) is 1. The van der Waals surface area contributed by atoms with Crippen molar-refractivity contribution in [2.45, 2.75) is 25.5 Å². The minimum atomic E-state index is -1.00. The third-order valence-electron chi connectivity index (χ3n) is 1.43. The zero-order valence-electron chi connectivity index (χ0n) is 9.91. The van der Waals surface area contributed by atoms with Crippen LogP contribution in [0.1, 0.15) is 20.8 Å². The molecule has 0 atom stereocenters. The van der Waals surface area contributed by atoms with Crippen molar-refractivity contribution in [1.29, 1.82) is 0 Å². The first kappa shape index (κ1) is 15.2. The first-order valence-electron chi connectivity index (χ1n) is 5.01. The average Bonchev–Trinajstić information content (AvgIpc) is 2.12. The number of carboxylic acid groups (broad SMARTS) is 1. The van der Waals surface area contributed by atoms with E-state index in [0.29, 0.717) is 12.3 Å². The molecule has 0 aliphatic rings. The fraction of sp³-hybridized carbons (Fsp3) is 0.800. The van der Waals surface area contributed by atoms with Gasteiger partial charge in [0, 0.05) is 11.3 Å². The molecule has 94 valence electrons. The summed E-state index contributed by atoms with van der Waals surface area (Å²) in [6, 6.07) is 0. The summed E-state index contributed by atoms with van der Waals surface area (Å²) in [7, 11) is 0. The fourth-order valence-corrected chi connectivity index (χ4v) is 1.42. The Balaban J connectivity index is 3.41. The summed E-state index contributed by atoms with van der Waals surface area (Å²) in [5.74, 6) is -0.656. The lowest BCUT2D eigenvalue weighted by atomic mass is 10.3. The molecular weight excluding hydrogens is 230 g/mol. The Morgan fingerprint density at radius 1 is 1.38 bits per heavy atom. The second-order valence-corrected chi connectivity index (χ2v) is 6.00. The summed E-state index contributed by atoms with van der Waals surface area (Å²) in [5.41, 5.74) is 0. The van der Waals surface area contributed by atoms with Crippen LogP contribution in [0.3, 0.4) is 0 Å². The maximum atomic E-state index is 11.3. The van der Waals surface area contributed by atoms with Gasteiger partial charge in [0.1, 0.15) is 6.61 Å². The maximum absolute atomic E-state index is 11.3. The highest BCUT2D eigenvalue weighted by Gasteiger charge is 2.12. The van der Waals surface area contributed by atoms with E-state index < -0.39 is 5.97 Å². The third kappa shape index (κ3) is 11.3. The molecule has 0 aromatic rings. The van der Waals surface area contributed by atoms with Crippen molar-refractivity contribution in [3.8, 4) is 0 Å². The van der Waals surface area contributed by atoms with Gasteiger partial charge in [-0.2, -0.15) is 0 Å². The van der Waals surface area contributed by atoms with Crippen LogP contribution in [0.2, 0.25) is 0 Å². The number of carbonyl (C=O) groups excluding carboxylic acids is 1. The fourth-order valence-electron chi connectivity index (χ4n) is 0.755. The summed E-state index contributed by atoms with van der Waals surface area (Å²) in [5, 5.41) is 10.9. The van der Waals surface area contributed by atoms with Crippen LogP contribution < -0.4 is 5.32 Å². The number of rotatable bonds is 7. The first-order valence-corrected chi connectivity index (χ1v) is 6.00. The molecule has 0 saturated heterocycles. The van der Waals surface area contributed by atoms with E-state index in [2.05, 4.69) is 5.32 Å². The van der Waals surface area contributed by atoms with E-state index in [0.717, 1.165) is 0 Å². The molecule has 16 heavy (non-hydrogen) atoms. The molecule has 0 fully saturated rings. The van der Waals surface area contributed by atoms with Gasteiger partial charge in [0.25, 0.3) is 0 Å². The lowest BCUT2D eigenvalue weighted by Crippen LogP contribution is -2.30. The first-order chi connectivity index (χ1) is 7.31. The van der Waals surface area contributed by atoms with Crippen LogP contribution in [-0.2, 0) is 14.3 Å². The van der Waals surface area contributed by atoms with Crippen molar-refractivity contribution in [2.24, 2.45) is 0 Å². The Labute approximate surface area is 99.9 Å². The molecule has 6 heteroatoms. The molecule has 0 bridgehead atoms. The zero-order chi connectivity index (χ0) is 12.6. The van der Waals surface area contributed by atoms with Gasteiger partial charge in [0.05, 0.1) is 12.4 Å². The number of hydrogen-bond acceptors (Lipinski definition) is 4. The van der Waals surface area contributed by atoms with Gasteiger partial charge in [0.2, 0.25) is 5.91 Å². The number of thioether (sulfide) groups is 1. The SMILES string of the molecule is CC(C)(C)SCC(=O)NCCOCC(=O)O. The van der Waals surface area contributed by atoms with Crippen LogP contribution in [0.15, 0.2) is 0 Å². The molecule has 0 rings (SSSR count). The standard InChI is InChI=1S/C10H19NO4S/c1-10(2,3)16-7-8(12)11-4-5-15-6-9(13)14/h4-7H2,1-3H3,(H,11,12)(H,13,14). The van der Waals surface area contributed by atoms with E-state index in [-0.39, 0.29) is 23.9 Å². The monoisotopic (exact) mass is 249 g/mol. The highest BCUT2D eigenvalue weighted by Crippen LogP contribution is 2.22. The molecule has 0 heterocycles. The number of nitrogens with one attached hydrogen (secondary N) is 1. The van der Waals surface area contributed by atoms with E-state index in [1.807, 2.05) is 20.8 Å². The van der Waals surface area contributed by atoms with Gasteiger partial charge in [-0.15, -0.1) is 11.8 Å². The molecule has 0 aromatic heterocycles. The van der Waals surface area contributed by atoms with Gasteiger partial charge in [-0.3, -0.25) is 4.79 Å². The Hall–Kier alpha value is -0.750. The lowest BCUT2D eigenvalue weighted by Gasteiger charge is -2.16. The normalized spacial score (nSPS) is 11.2. The van der Waals surface area contributed by atoms with Gasteiger partial charge < -0.3 is 15.2 Å². The van der Waals surface area contributed by atoms with Crippen LogP contribution in [0, 0.1) is 0 Å².